The molecule has 0 aliphatic carbocycles. The van der Waals surface area contributed by atoms with Crippen molar-refractivity contribution in [2.45, 2.75) is 19.8 Å². The topological polar surface area (TPSA) is 81.2 Å². The fraction of sp³-hybridized carbons (Fsp3) is 0.200. The van der Waals surface area contributed by atoms with Gasteiger partial charge in [-0.1, -0.05) is 12.1 Å². The first kappa shape index (κ1) is 16.4. The molecule has 4 rings (SSSR count). The molecule has 130 valence electrons. The lowest BCUT2D eigenvalue weighted by Gasteiger charge is -2.24. The van der Waals surface area contributed by atoms with Crippen molar-refractivity contribution in [3.63, 3.8) is 0 Å². The molecule has 26 heavy (non-hydrogen) atoms. The van der Waals surface area contributed by atoms with Crippen LogP contribution in [-0.2, 0) is 0 Å². The molecule has 2 N–H and O–H groups in total. The van der Waals surface area contributed by atoms with Gasteiger partial charge in [0, 0.05) is 5.69 Å². The molecule has 1 aliphatic heterocycles. The third-order valence-corrected chi connectivity index (χ3v) is 5.70. The van der Waals surface area contributed by atoms with Crippen molar-refractivity contribution in [1.82, 2.24) is 4.98 Å². The summed E-state index contributed by atoms with van der Waals surface area (Å²) in [4.78, 5) is 6.51. The van der Waals surface area contributed by atoms with E-state index in [2.05, 4.69) is 11.1 Å². The lowest BCUT2D eigenvalue weighted by molar-refractivity contribution is 0.401. The summed E-state index contributed by atoms with van der Waals surface area (Å²) in [6, 6.07) is 11.9. The number of nitrogens with two attached hydrogens (primary N) is 1. The molecule has 0 saturated carbocycles. The summed E-state index contributed by atoms with van der Waals surface area (Å²) in [7, 11) is 1.63. The average molecular weight is 363 g/mol. The first-order valence-electron chi connectivity index (χ1n) is 8.15. The Morgan fingerprint density at radius 3 is 2.65 bits per heavy atom. The Morgan fingerprint density at radius 1 is 1.27 bits per heavy atom. The number of benzene rings is 1. The summed E-state index contributed by atoms with van der Waals surface area (Å²) >= 11 is 1.55. The molecule has 0 fully saturated rings. The fourth-order valence-corrected chi connectivity index (χ4v) is 4.75. The number of aryl methyl sites for hydroxylation is 2. The number of aromatic nitrogens is 1. The van der Waals surface area contributed by atoms with Crippen LogP contribution in [0.5, 0.6) is 11.5 Å². The second-order valence-corrected chi connectivity index (χ2v) is 7.28. The Labute approximate surface area is 155 Å². The van der Waals surface area contributed by atoms with Crippen molar-refractivity contribution in [3.8, 4) is 17.6 Å². The van der Waals surface area contributed by atoms with E-state index >= 15 is 0 Å². The predicted molar refractivity (Wildman–Crippen MR) is 101 cm³/mol. The van der Waals surface area contributed by atoms with Gasteiger partial charge in [-0.05, 0) is 43.2 Å². The van der Waals surface area contributed by atoms with Gasteiger partial charge in [0.25, 0.3) is 0 Å². The number of rotatable bonds is 2. The highest BCUT2D eigenvalue weighted by molar-refractivity contribution is 7.19. The zero-order valence-corrected chi connectivity index (χ0v) is 15.5. The summed E-state index contributed by atoms with van der Waals surface area (Å²) in [5.74, 6) is 1.36. The molecule has 0 amide bonds. The summed E-state index contributed by atoms with van der Waals surface area (Å²) in [6.45, 7) is 4.01. The molecule has 2 aromatic heterocycles. The van der Waals surface area contributed by atoms with Crippen molar-refractivity contribution < 1.29 is 9.47 Å². The van der Waals surface area contributed by atoms with E-state index in [4.69, 9.17) is 15.2 Å². The van der Waals surface area contributed by atoms with Gasteiger partial charge in [0.1, 0.15) is 22.2 Å². The van der Waals surface area contributed by atoms with E-state index in [1.165, 1.54) is 0 Å². The number of methoxy groups -OCH3 is 1. The number of thiophene rings is 1. The number of fused-ring (bicyclic) bond motifs is 3. The monoisotopic (exact) mass is 363 g/mol. The molecule has 0 radical (unpaired) electrons. The highest BCUT2D eigenvalue weighted by Crippen LogP contribution is 2.50. The number of pyridine rings is 1. The third-order valence-electron chi connectivity index (χ3n) is 4.57. The van der Waals surface area contributed by atoms with Crippen LogP contribution >= 0.6 is 11.3 Å². The summed E-state index contributed by atoms with van der Waals surface area (Å²) in [5, 5.41) is 10.7. The number of ether oxygens (including phenoxy) is 2. The SMILES string of the molecule is COc1ccc(C2C(C#N)=C(N)Oc3c2sc2nc(C)cc(C)c32)cc1. The second kappa shape index (κ2) is 6.04. The smallest absolute Gasteiger partial charge is 0.205 e. The van der Waals surface area contributed by atoms with E-state index in [0.29, 0.717) is 11.3 Å². The minimum absolute atomic E-state index is 0.153. The molecule has 1 aromatic carbocycles. The Kier molecular flexibility index (Phi) is 3.82. The predicted octanol–water partition coefficient (Wildman–Crippen LogP) is 4.14. The maximum absolute atomic E-state index is 9.69. The quantitative estimate of drug-likeness (QED) is 0.740. The first-order valence-corrected chi connectivity index (χ1v) is 8.97. The number of nitriles is 1. The Bertz CT molecular complexity index is 1090. The van der Waals surface area contributed by atoms with Crippen molar-refractivity contribution in [2.75, 3.05) is 7.11 Å². The molecular formula is C20H17N3O2S. The Balaban J connectivity index is 1.98. The van der Waals surface area contributed by atoms with E-state index in [-0.39, 0.29) is 11.8 Å². The molecule has 1 unspecified atom stereocenters. The van der Waals surface area contributed by atoms with E-state index < -0.39 is 0 Å². The van der Waals surface area contributed by atoms with E-state index in [1.54, 1.807) is 18.4 Å². The van der Waals surface area contributed by atoms with Crippen molar-refractivity contribution in [1.29, 1.82) is 5.26 Å². The van der Waals surface area contributed by atoms with Gasteiger partial charge in [-0.3, -0.25) is 0 Å². The van der Waals surface area contributed by atoms with Crippen LogP contribution in [0.3, 0.4) is 0 Å². The van der Waals surface area contributed by atoms with Crippen LogP contribution in [-0.4, -0.2) is 12.1 Å². The molecule has 0 saturated heterocycles. The van der Waals surface area contributed by atoms with E-state index in [9.17, 15) is 5.26 Å². The van der Waals surface area contributed by atoms with Crippen LogP contribution in [0.15, 0.2) is 41.8 Å². The zero-order chi connectivity index (χ0) is 18.4. The summed E-state index contributed by atoms with van der Waals surface area (Å²) in [5.41, 5.74) is 9.55. The number of allylic oxidation sites excluding steroid dienone is 1. The van der Waals surface area contributed by atoms with Gasteiger partial charge < -0.3 is 15.2 Å². The van der Waals surface area contributed by atoms with Crippen molar-refractivity contribution in [2.24, 2.45) is 5.73 Å². The minimum Gasteiger partial charge on any atom is -0.497 e. The molecule has 5 nitrogen and oxygen atoms in total. The maximum Gasteiger partial charge on any atom is 0.205 e. The number of hydrogen-bond acceptors (Lipinski definition) is 6. The molecule has 0 spiro atoms. The zero-order valence-electron chi connectivity index (χ0n) is 14.7. The molecular weight excluding hydrogens is 346 g/mol. The fourth-order valence-electron chi connectivity index (χ4n) is 3.39. The highest BCUT2D eigenvalue weighted by Gasteiger charge is 2.34. The largest absolute Gasteiger partial charge is 0.497 e. The molecule has 1 aliphatic rings. The third kappa shape index (κ3) is 2.40. The Hall–Kier alpha value is -3.04. The number of hydrogen-bond donors (Lipinski definition) is 1. The van der Waals surface area contributed by atoms with Gasteiger partial charge in [0.15, 0.2) is 5.75 Å². The highest BCUT2D eigenvalue weighted by atomic mass is 32.1. The normalized spacial score (nSPS) is 16.2. The van der Waals surface area contributed by atoms with E-state index in [0.717, 1.165) is 37.7 Å². The van der Waals surface area contributed by atoms with Gasteiger partial charge in [0.2, 0.25) is 5.88 Å². The summed E-state index contributed by atoms with van der Waals surface area (Å²) < 4.78 is 11.1. The summed E-state index contributed by atoms with van der Waals surface area (Å²) in [6.07, 6.45) is 0. The van der Waals surface area contributed by atoms with Gasteiger partial charge in [-0.25, -0.2) is 4.98 Å². The van der Waals surface area contributed by atoms with Crippen molar-refractivity contribution >= 4 is 21.6 Å². The van der Waals surface area contributed by atoms with Crippen LogP contribution in [0.4, 0.5) is 0 Å². The van der Waals surface area contributed by atoms with Gasteiger partial charge in [-0.2, -0.15) is 5.26 Å². The maximum atomic E-state index is 9.69. The van der Waals surface area contributed by atoms with Crippen LogP contribution in [0, 0.1) is 25.2 Å². The van der Waals surface area contributed by atoms with Gasteiger partial charge in [-0.15, -0.1) is 11.3 Å². The number of nitrogens with zero attached hydrogens (tertiary/aromatic N) is 2. The van der Waals surface area contributed by atoms with E-state index in [1.807, 2.05) is 44.2 Å². The second-order valence-electron chi connectivity index (χ2n) is 6.25. The lowest BCUT2D eigenvalue weighted by atomic mass is 9.88. The Morgan fingerprint density at radius 2 is 2.00 bits per heavy atom. The van der Waals surface area contributed by atoms with Crippen molar-refractivity contribution in [3.05, 3.63) is 63.5 Å². The minimum atomic E-state index is -0.270. The lowest BCUT2D eigenvalue weighted by Crippen LogP contribution is -2.19. The molecule has 0 bridgehead atoms. The molecule has 3 heterocycles. The molecule has 1 atom stereocenters. The van der Waals surface area contributed by atoms with Crippen LogP contribution in [0.2, 0.25) is 0 Å². The van der Waals surface area contributed by atoms with Crippen LogP contribution in [0.25, 0.3) is 10.2 Å². The van der Waals surface area contributed by atoms with Gasteiger partial charge >= 0.3 is 0 Å². The van der Waals surface area contributed by atoms with Crippen LogP contribution in [0.1, 0.15) is 27.6 Å². The standard InChI is InChI=1S/C20H17N3O2S/c1-10-8-11(2)23-20-15(10)17-18(26-20)16(14(9-21)19(22)25-17)12-4-6-13(24-3)7-5-12/h4-8,16H,22H2,1-3H3. The van der Waals surface area contributed by atoms with Crippen LogP contribution < -0.4 is 15.2 Å². The van der Waals surface area contributed by atoms with Gasteiger partial charge in [0.05, 0.1) is 23.3 Å². The molecule has 6 heteroatoms. The first-order chi connectivity index (χ1) is 12.5. The average Bonchev–Trinajstić information content (AvgIpc) is 2.98. The molecule has 3 aromatic rings.